The van der Waals surface area contributed by atoms with Gasteiger partial charge in [0.25, 0.3) is 0 Å². The Morgan fingerprint density at radius 2 is 2.00 bits per heavy atom. The zero-order valence-corrected chi connectivity index (χ0v) is 11.8. The molecule has 1 aliphatic heterocycles. The van der Waals surface area contributed by atoms with E-state index in [0.29, 0.717) is 37.8 Å². The molecule has 1 aliphatic carbocycles. The van der Waals surface area contributed by atoms with E-state index in [0.717, 1.165) is 12.8 Å². The van der Waals surface area contributed by atoms with Gasteiger partial charge in [0, 0.05) is 25.7 Å². The number of rotatable bonds is 5. The van der Waals surface area contributed by atoms with E-state index in [2.05, 4.69) is 5.32 Å². The van der Waals surface area contributed by atoms with Gasteiger partial charge in [0.2, 0.25) is 0 Å². The topological polar surface area (TPSA) is 44.7 Å². The van der Waals surface area contributed by atoms with Gasteiger partial charge in [-0.3, -0.25) is 0 Å². The van der Waals surface area contributed by atoms with Crippen LogP contribution < -0.4 is 10.2 Å². The number of anilines is 1. The fourth-order valence-electron chi connectivity index (χ4n) is 2.60. The molecule has 1 saturated heterocycles. The fourth-order valence-corrected chi connectivity index (χ4v) is 2.60. The van der Waals surface area contributed by atoms with Crippen molar-refractivity contribution < 1.29 is 18.6 Å². The van der Waals surface area contributed by atoms with Gasteiger partial charge in [-0.1, -0.05) is 0 Å². The number of aliphatic hydroxyl groups is 1. The van der Waals surface area contributed by atoms with Gasteiger partial charge in [-0.2, -0.15) is 0 Å². The van der Waals surface area contributed by atoms with Crippen molar-refractivity contribution in [2.45, 2.75) is 31.5 Å². The quantitative estimate of drug-likeness (QED) is 0.863. The molecule has 0 radical (unpaired) electrons. The maximum absolute atomic E-state index is 14.3. The van der Waals surface area contributed by atoms with Crippen LogP contribution in [0.5, 0.6) is 0 Å². The largest absolute Gasteiger partial charge is 0.394 e. The van der Waals surface area contributed by atoms with Crippen LogP contribution in [0.1, 0.15) is 18.4 Å². The lowest BCUT2D eigenvalue weighted by Gasteiger charge is -2.34. The Morgan fingerprint density at radius 3 is 2.62 bits per heavy atom. The van der Waals surface area contributed by atoms with Crippen LogP contribution in [0.3, 0.4) is 0 Å². The molecule has 6 heteroatoms. The molecular weight excluding hydrogens is 278 g/mol. The van der Waals surface area contributed by atoms with Gasteiger partial charge in [0.05, 0.1) is 19.3 Å². The van der Waals surface area contributed by atoms with Crippen molar-refractivity contribution in [3.05, 3.63) is 29.3 Å². The molecule has 1 unspecified atom stereocenters. The third kappa shape index (κ3) is 3.51. The molecule has 2 aliphatic rings. The maximum Gasteiger partial charge on any atom is 0.149 e. The summed E-state index contributed by atoms with van der Waals surface area (Å²) in [6.45, 7) is 1.41. The Balaban J connectivity index is 1.74. The summed E-state index contributed by atoms with van der Waals surface area (Å²) in [4.78, 5) is 1.60. The van der Waals surface area contributed by atoms with Crippen molar-refractivity contribution in [2.24, 2.45) is 0 Å². The molecule has 1 saturated carbocycles. The molecule has 21 heavy (non-hydrogen) atoms. The number of ether oxygens (including phenoxy) is 1. The number of hydrogen-bond donors (Lipinski definition) is 2. The minimum Gasteiger partial charge on any atom is -0.394 e. The first-order chi connectivity index (χ1) is 10.2. The number of halogens is 2. The summed E-state index contributed by atoms with van der Waals surface area (Å²) in [5, 5.41) is 12.4. The SMILES string of the molecule is OCC1CN(c2c(F)cc(CNC3CC3)cc2F)CCO1. The van der Waals surface area contributed by atoms with Crippen LogP contribution in [-0.4, -0.2) is 43.6 Å². The van der Waals surface area contributed by atoms with Crippen LogP contribution in [0.2, 0.25) is 0 Å². The first-order valence-electron chi connectivity index (χ1n) is 7.36. The highest BCUT2D eigenvalue weighted by Gasteiger charge is 2.25. The molecule has 1 atom stereocenters. The van der Waals surface area contributed by atoms with Crippen molar-refractivity contribution in [3.8, 4) is 0 Å². The Hall–Kier alpha value is -1.24. The van der Waals surface area contributed by atoms with Crippen LogP contribution >= 0.6 is 0 Å². The molecule has 0 amide bonds. The monoisotopic (exact) mass is 298 g/mol. The van der Waals surface area contributed by atoms with E-state index in [9.17, 15) is 8.78 Å². The predicted octanol–water partition coefficient (Wildman–Crippen LogP) is 1.41. The summed E-state index contributed by atoms with van der Waals surface area (Å²) in [6, 6.07) is 3.27. The highest BCUT2D eigenvalue weighted by atomic mass is 19.1. The summed E-state index contributed by atoms with van der Waals surface area (Å²) in [6.07, 6.45) is 1.88. The molecule has 2 fully saturated rings. The third-order valence-corrected chi connectivity index (χ3v) is 3.91. The highest BCUT2D eigenvalue weighted by Crippen LogP contribution is 2.27. The standard InChI is InChI=1S/C15H20F2N2O2/c16-13-5-10(7-18-11-1-2-11)6-14(17)15(13)19-3-4-21-12(8-19)9-20/h5-6,11-12,18,20H,1-4,7-9H2. The smallest absolute Gasteiger partial charge is 0.149 e. The lowest BCUT2D eigenvalue weighted by Crippen LogP contribution is -2.44. The van der Waals surface area contributed by atoms with E-state index in [1.54, 1.807) is 4.90 Å². The molecule has 3 rings (SSSR count). The number of morpholine rings is 1. The normalized spacial score (nSPS) is 22.6. The number of nitrogens with zero attached hydrogens (tertiary/aromatic N) is 1. The molecule has 1 heterocycles. The number of aliphatic hydroxyl groups excluding tert-OH is 1. The zero-order valence-electron chi connectivity index (χ0n) is 11.8. The third-order valence-electron chi connectivity index (χ3n) is 3.91. The van der Waals surface area contributed by atoms with Gasteiger partial charge in [0.1, 0.15) is 17.3 Å². The minimum atomic E-state index is -0.554. The van der Waals surface area contributed by atoms with E-state index < -0.39 is 17.7 Å². The summed E-state index contributed by atoms with van der Waals surface area (Å²) in [5.74, 6) is -1.11. The zero-order chi connectivity index (χ0) is 14.8. The van der Waals surface area contributed by atoms with E-state index in [-0.39, 0.29) is 12.3 Å². The summed E-state index contributed by atoms with van der Waals surface area (Å²) in [7, 11) is 0. The molecule has 1 aromatic carbocycles. The second-order valence-electron chi connectivity index (χ2n) is 5.68. The Morgan fingerprint density at radius 1 is 1.29 bits per heavy atom. The molecule has 2 N–H and O–H groups in total. The molecule has 0 bridgehead atoms. The summed E-state index contributed by atoms with van der Waals surface area (Å²) in [5.41, 5.74) is 0.597. The second kappa shape index (κ2) is 6.25. The van der Waals surface area contributed by atoms with Crippen molar-refractivity contribution in [1.29, 1.82) is 0 Å². The van der Waals surface area contributed by atoms with Gasteiger partial charge in [0.15, 0.2) is 0 Å². The summed E-state index contributed by atoms with van der Waals surface area (Å²) >= 11 is 0. The lowest BCUT2D eigenvalue weighted by atomic mass is 10.1. The van der Waals surface area contributed by atoms with Crippen LogP contribution in [0.4, 0.5) is 14.5 Å². The first kappa shape index (κ1) is 14.7. The molecule has 0 spiro atoms. The fraction of sp³-hybridized carbons (Fsp3) is 0.600. The molecule has 4 nitrogen and oxygen atoms in total. The van der Waals surface area contributed by atoms with Crippen LogP contribution in [0.25, 0.3) is 0 Å². The lowest BCUT2D eigenvalue weighted by molar-refractivity contribution is 0.00323. The Bertz CT molecular complexity index is 485. The highest BCUT2D eigenvalue weighted by molar-refractivity contribution is 5.51. The number of nitrogens with one attached hydrogen (secondary N) is 1. The van der Waals surface area contributed by atoms with E-state index >= 15 is 0 Å². The van der Waals surface area contributed by atoms with E-state index in [1.807, 2.05) is 0 Å². The number of benzene rings is 1. The molecule has 116 valence electrons. The van der Waals surface area contributed by atoms with Crippen molar-refractivity contribution >= 4 is 5.69 Å². The van der Waals surface area contributed by atoms with Gasteiger partial charge >= 0.3 is 0 Å². The van der Waals surface area contributed by atoms with Gasteiger partial charge in [-0.25, -0.2) is 8.78 Å². The minimum absolute atomic E-state index is 0.0214. The van der Waals surface area contributed by atoms with Crippen molar-refractivity contribution in [1.82, 2.24) is 5.32 Å². The first-order valence-corrected chi connectivity index (χ1v) is 7.36. The molecular formula is C15H20F2N2O2. The second-order valence-corrected chi connectivity index (χ2v) is 5.68. The number of hydrogen-bond acceptors (Lipinski definition) is 4. The van der Waals surface area contributed by atoms with Gasteiger partial charge in [-0.05, 0) is 30.5 Å². The van der Waals surface area contributed by atoms with Crippen molar-refractivity contribution in [3.63, 3.8) is 0 Å². The Labute approximate surface area is 122 Å². The predicted molar refractivity (Wildman–Crippen MR) is 75.3 cm³/mol. The van der Waals surface area contributed by atoms with Gasteiger partial charge < -0.3 is 20.1 Å². The maximum atomic E-state index is 14.3. The molecule has 0 aromatic heterocycles. The van der Waals surface area contributed by atoms with Gasteiger partial charge in [-0.15, -0.1) is 0 Å². The average Bonchev–Trinajstić information content (AvgIpc) is 3.29. The molecule has 1 aromatic rings. The average molecular weight is 298 g/mol. The van der Waals surface area contributed by atoms with Crippen LogP contribution in [0.15, 0.2) is 12.1 Å². The van der Waals surface area contributed by atoms with Crippen molar-refractivity contribution in [2.75, 3.05) is 31.2 Å². The van der Waals surface area contributed by atoms with Crippen LogP contribution in [0, 0.1) is 11.6 Å². The van der Waals surface area contributed by atoms with E-state index in [4.69, 9.17) is 9.84 Å². The summed E-state index contributed by atoms with van der Waals surface area (Å²) < 4.78 is 33.8. The Kier molecular flexibility index (Phi) is 4.37. The van der Waals surface area contributed by atoms with E-state index in [1.165, 1.54) is 12.1 Å². The van der Waals surface area contributed by atoms with Crippen LogP contribution in [-0.2, 0) is 11.3 Å².